The van der Waals surface area contributed by atoms with Crippen LogP contribution in [0.3, 0.4) is 0 Å². The van der Waals surface area contributed by atoms with E-state index in [1.807, 2.05) is 19.1 Å². The number of hydrogen-bond acceptors (Lipinski definition) is 5. The third kappa shape index (κ3) is 2.46. The fourth-order valence-corrected chi connectivity index (χ4v) is 2.62. The average molecular weight is 306 g/mol. The van der Waals surface area contributed by atoms with E-state index in [0.717, 1.165) is 22.4 Å². The van der Waals surface area contributed by atoms with Crippen LogP contribution in [0.5, 0.6) is 11.5 Å². The maximum Gasteiger partial charge on any atom is 0.343 e. The van der Waals surface area contributed by atoms with Gasteiger partial charge in [0.25, 0.3) is 0 Å². The van der Waals surface area contributed by atoms with Gasteiger partial charge in [-0.1, -0.05) is 17.7 Å². The molecule has 0 amide bonds. The molecule has 0 aliphatic carbocycles. The number of hydrazone groups is 1. The number of nitrogens with zero attached hydrogens (tertiary/aromatic N) is 1. The summed E-state index contributed by atoms with van der Waals surface area (Å²) in [6.45, 7) is 2.58. The van der Waals surface area contributed by atoms with Gasteiger partial charge in [-0.3, -0.25) is 0 Å². The molecule has 2 aromatic carbocycles. The van der Waals surface area contributed by atoms with Crippen molar-refractivity contribution in [1.82, 2.24) is 5.43 Å². The second-order valence-corrected chi connectivity index (χ2v) is 5.47. The Morgan fingerprint density at radius 3 is 3.04 bits per heavy atom. The van der Waals surface area contributed by atoms with Gasteiger partial charge in [0, 0.05) is 11.1 Å². The van der Waals surface area contributed by atoms with Crippen molar-refractivity contribution in [3.05, 3.63) is 71.0 Å². The summed E-state index contributed by atoms with van der Waals surface area (Å²) >= 11 is 0. The van der Waals surface area contributed by atoms with Crippen LogP contribution in [-0.2, 0) is 0 Å². The third-order valence-corrected chi connectivity index (χ3v) is 3.76. The number of fused-ring (bicyclic) bond motifs is 3. The topological polar surface area (TPSA) is 59.9 Å². The van der Waals surface area contributed by atoms with Gasteiger partial charge in [0.2, 0.25) is 0 Å². The van der Waals surface area contributed by atoms with Crippen molar-refractivity contribution < 1.29 is 14.3 Å². The number of esters is 1. The van der Waals surface area contributed by atoms with Crippen molar-refractivity contribution >= 4 is 11.7 Å². The van der Waals surface area contributed by atoms with Crippen molar-refractivity contribution in [3.8, 4) is 11.5 Å². The van der Waals surface area contributed by atoms with Crippen LogP contribution >= 0.6 is 0 Å². The van der Waals surface area contributed by atoms with E-state index in [1.165, 1.54) is 0 Å². The lowest BCUT2D eigenvalue weighted by Gasteiger charge is -2.16. The maximum atomic E-state index is 12.3. The van der Waals surface area contributed by atoms with Crippen molar-refractivity contribution in [3.63, 3.8) is 0 Å². The molecule has 0 aromatic heterocycles. The normalized spacial score (nSPS) is 14.7. The second kappa shape index (κ2) is 5.28. The zero-order valence-electron chi connectivity index (χ0n) is 12.5. The van der Waals surface area contributed by atoms with E-state index in [1.54, 1.807) is 36.6 Å². The number of rotatable bonds is 2. The molecule has 1 N–H and O–H groups in total. The summed E-state index contributed by atoms with van der Waals surface area (Å²) in [4.78, 5) is 12.3. The van der Waals surface area contributed by atoms with Crippen LogP contribution in [0.1, 0.15) is 21.5 Å². The lowest BCUT2D eigenvalue weighted by Crippen LogP contribution is -2.13. The molecule has 0 bridgehead atoms. The molecule has 2 aliphatic heterocycles. The summed E-state index contributed by atoms with van der Waals surface area (Å²) < 4.78 is 11.1. The number of nitrogens with one attached hydrogen (secondary N) is 1. The first kappa shape index (κ1) is 13.6. The van der Waals surface area contributed by atoms with Gasteiger partial charge in [-0.25, -0.2) is 4.79 Å². The molecule has 0 saturated carbocycles. The van der Waals surface area contributed by atoms with Crippen LogP contribution in [0.2, 0.25) is 0 Å². The molecule has 4 rings (SSSR count). The zero-order valence-corrected chi connectivity index (χ0v) is 12.5. The van der Waals surface area contributed by atoms with Gasteiger partial charge in [-0.15, -0.1) is 0 Å². The van der Waals surface area contributed by atoms with Gasteiger partial charge < -0.3 is 14.9 Å². The number of aryl methyl sites for hydroxylation is 1. The Kier molecular flexibility index (Phi) is 3.12. The van der Waals surface area contributed by atoms with Crippen LogP contribution in [0.25, 0.3) is 0 Å². The van der Waals surface area contributed by atoms with Gasteiger partial charge in [0.1, 0.15) is 17.2 Å². The first-order valence-corrected chi connectivity index (χ1v) is 7.30. The van der Waals surface area contributed by atoms with E-state index in [4.69, 9.17) is 9.47 Å². The standard InChI is InChI=1S/C18H14N2O3/c1-11-3-2-4-12(7-11)18(21)23-14-5-6-16-15(8-14)17-13(10-22-16)9-19-20-17/h2-8,10,19H,9H2,1H3. The van der Waals surface area contributed by atoms with E-state index >= 15 is 0 Å². The van der Waals surface area contributed by atoms with Gasteiger partial charge in [0.05, 0.1) is 18.4 Å². The molecule has 0 atom stereocenters. The van der Waals surface area contributed by atoms with Crippen molar-refractivity contribution in [1.29, 1.82) is 0 Å². The highest BCUT2D eigenvalue weighted by Crippen LogP contribution is 2.32. The Morgan fingerprint density at radius 1 is 1.26 bits per heavy atom. The SMILES string of the molecule is Cc1cccc(C(=O)Oc2ccc3c(c2)C2=NNCC2=CO3)c1. The van der Waals surface area contributed by atoms with Gasteiger partial charge >= 0.3 is 5.97 Å². The summed E-state index contributed by atoms with van der Waals surface area (Å²) in [5.41, 5.74) is 7.11. The van der Waals surface area contributed by atoms with Crippen molar-refractivity contribution in [2.75, 3.05) is 6.54 Å². The van der Waals surface area contributed by atoms with Gasteiger partial charge in [-0.05, 0) is 37.3 Å². The molecule has 0 spiro atoms. The summed E-state index contributed by atoms with van der Waals surface area (Å²) in [5.74, 6) is 0.786. The Hall–Kier alpha value is -3.08. The summed E-state index contributed by atoms with van der Waals surface area (Å²) in [6.07, 6.45) is 1.69. The Bertz CT molecular complexity index is 868. The van der Waals surface area contributed by atoms with Crippen LogP contribution in [0.4, 0.5) is 0 Å². The molecule has 2 aromatic rings. The lowest BCUT2D eigenvalue weighted by atomic mass is 10.0. The molecule has 0 radical (unpaired) electrons. The van der Waals surface area contributed by atoms with E-state index in [2.05, 4.69) is 10.5 Å². The third-order valence-electron chi connectivity index (χ3n) is 3.76. The van der Waals surface area contributed by atoms with Crippen LogP contribution in [0.15, 0.2) is 59.4 Å². The Labute approximate surface area is 133 Å². The zero-order chi connectivity index (χ0) is 15.8. The molecule has 0 saturated heterocycles. The first-order chi connectivity index (χ1) is 11.2. The fraction of sp³-hybridized carbons (Fsp3) is 0.111. The van der Waals surface area contributed by atoms with Crippen molar-refractivity contribution in [2.24, 2.45) is 5.10 Å². The first-order valence-electron chi connectivity index (χ1n) is 7.30. The van der Waals surface area contributed by atoms with E-state index in [-0.39, 0.29) is 5.97 Å². The molecule has 114 valence electrons. The van der Waals surface area contributed by atoms with Gasteiger partial charge in [0.15, 0.2) is 0 Å². The predicted octanol–water partition coefficient (Wildman–Crippen LogP) is 2.80. The highest BCUT2D eigenvalue weighted by atomic mass is 16.5. The Balaban J connectivity index is 1.62. The Morgan fingerprint density at radius 2 is 2.17 bits per heavy atom. The molecule has 23 heavy (non-hydrogen) atoms. The van der Waals surface area contributed by atoms with Crippen molar-refractivity contribution in [2.45, 2.75) is 6.92 Å². The monoisotopic (exact) mass is 306 g/mol. The predicted molar refractivity (Wildman–Crippen MR) is 85.8 cm³/mol. The minimum absolute atomic E-state index is 0.382. The van der Waals surface area contributed by atoms with Crippen LogP contribution in [-0.4, -0.2) is 18.2 Å². The molecule has 5 nitrogen and oxygen atoms in total. The lowest BCUT2D eigenvalue weighted by molar-refractivity contribution is 0.0734. The maximum absolute atomic E-state index is 12.3. The highest BCUT2D eigenvalue weighted by molar-refractivity contribution is 6.16. The van der Waals surface area contributed by atoms with E-state index in [9.17, 15) is 4.79 Å². The average Bonchev–Trinajstić information content (AvgIpc) is 3.04. The summed E-state index contributed by atoms with van der Waals surface area (Å²) in [5, 5.41) is 4.27. The number of carbonyl (C=O) groups is 1. The minimum Gasteiger partial charge on any atom is -0.464 e. The van der Waals surface area contributed by atoms with E-state index < -0.39 is 0 Å². The second-order valence-electron chi connectivity index (χ2n) is 5.47. The van der Waals surface area contributed by atoms with E-state index in [0.29, 0.717) is 23.6 Å². The molecule has 2 heterocycles. The van der Waals surface area contributed by atoms with Crippen LogP contribution < -0.4 is 14.9 Å². The number of carbonyl (C=O) groups excluding carboxylic acids is 1. The fourth-order valence-electron chi connectivity index (χ4n) is 2.62. The molecular weight excluding hydrogens is 292 g/mol. The minimum atomic E-state index is -0.382. The summed E-state index contributed by atoms with van der Waals surface area (Å²) in [7, 11) is 0. The highest BCUT2D eigenvalue weighted by Gasteiger charge is 2.24. The molecule has 2 aliphatic rings. The van der Waals surface area contributed by atoms with Gasteiger partial charge in [-0.2, -0.15) is 5.10 Å². The molecule has 5 heteroatoms. The van der Waals surface area contributed by atoms with Crippen LogP contribution in [0, 0.1) is 6.92 Å². The quantitative estimate of drug-likeness (QED) is 0.684. The molecule has 0 unspecified atom stereocenters. The number of ether oxygens (including phenoxy) is 2. The summed E-state index contributed by atoms with van der Waals surface area (Å²) in [6, 6.07) is 12.6. The molecular formula is C18H14N2O3. The molecule has 0 fully saturated rings. The smallest absolute Gasteiger partial charge is 0.343 e. The number of benzene rings is 2. The number of hydrogen-bond donors (Lipinski definition) is 1. The largest absolute Gasteiger partial charge is 0.464 e.